The number of carbonyl (C=O) groups is 1. The van der Waals surface area contributed by atoms with Gasteiger partial charge >= 0.3 is 0 Å². The Morgan fingerprint density at radius 3 is 3.05 bits per heavy atom. The fourth-order valence-corrected chi connectivity index (χ4v) is 2.30. The average Bonchev–Trinajstić information content (AvgIpc) is 2.60. The van der Waals surface area contributed by atoms with E-state index in [0.717, 1.165) is 37.2 Å². The van der Waals surface area contributed by atoms with E-state index in [1.807, 2.05) is 36.1 Å². The zero-order valence-electron chi connectivity index (χ0n) is 11.5. The number of fused-ring (bicyclic) bond motifs is 1. The molecule has 19 heavy (non-hydrogen) atoms. The Morgan fingerprint density at radius 2 is 2.26 bits per heavy atom. The summed E-state index contributed by atoms with van der Waals surface area (Å²) in [6, 6.07) is 7.90. The van der Waals surface area contributed by atoms with Crippen LogP contribution in [0.4, 0.5) is 5.69 Å². The van der Waals surface area contributed by atoms with E-state index in [9.17, 15) is 4.79 Å². The number of rotatable bonds is 4. The van der Waals surface area contributed by atoms with Crippen molar-refractivity contribution in [2.75, 3.05) is 18.1 Å². The Labute approximate surface area is 114 Å². The van der Waals surface area contributed by atoms with Crippen LogP contribution in [-0.4, -0.2) is 25.1 Å². The third-order valence-corrected chi connectivity index (χ3v) is 3.29. The van der Waals surface area contributed by atoms with Gasteiger partial charge in [-0.15, -0.1) is 0 Å². The Hall–Kier alpha value is -1.55. The largest absolute Gasteiger partial charge is 0.491 e. The van der Waals surface area contributed by atoms with Gasteiger partial charge in [-0.25, -0.2) is 0 Å². The number of nitrogens with zero attached hydrogens (tertiary/aromatic N) is 1. The molecule has 4 heteroatoms. The standard InChI is InChI=1S/C15H22N2O2/c1-12(16)6-4-9-15(18)17-10-5-11-19-14-8-3-2-7-13(14)17/h2-3,7-8,12H,4-6,9-11,16H2,1H3. The molecule has 104 valence electrons. The van der Waals surface area contributed by atoms with E-state index in [1.165, 1.54) is 0 Å². The van der Waals surface area contributed by atoms with Crippen LogP contribution in [0.1, 0.15) is 32.6 Å². The molecule has 1 aromatic rings. The van der Waals surface area contributed by atoms with E-state index in [4.69, 9.17) is 10.5 Å². The quantitative estimate of drug-likeness (QED) is 0.906. The monoisotopic (exact) mass is 262 g/mol. The first-order chi connectivity index (χ1) is 9.18. The van der Waals surface area contributed by atoms with Crippen LogP contribution in [0.2, 0.25) is 0 Å². The molecule has 0 radical (unpaired) electrons. The maximum Gasteiger partial charge on any atom is 0.227 e. The van der Waals surface area contributed by atoms with Gasteiger partial charge in [0.1, 0.15) is 5.75 Å². The van der Waals surface area contributed by atoms with Gasteiger partial charge in [-0.3, -0.25) is 4.79 Å². The third-order valence-electron chi connectivity index (χ3n) is 3.29. The molecule has 2 rings (SSSR count). The highest BCUT2D eigenvalue weighted by Crippen LogP contribution is 2.31. The van der Waals surface area contributed by atoms with Crippen molar-refractivity contribution < 1.29 is 9.53 Å². The van der Waals surface area contributed by atoms with Crippen LogP contribution in [0.5, 0.6) is 5.75 Å². The average molecular weight is 262 g/mol. The number of carbonyl (C=O) groups excluding carboxylic acids is 1. The second kappa shape index (κ2) is 6.57. The van der Waals surface area contributed by atoms with Gasteiger partial charge in [-0.05, 0) is 38.3 Å². The first kappa shape index (κ1) is 13.9. The Bertz CT molecular complexity index is 432. The van der Waals surface area contributed by atoms with Gasteiger partial charge in [-0.1, -0.05) is 12.1 Å². The van der Waals surface area contributed by atoms with Crippen LogP contribution >= 0.6 is 0 Å². The summed E-state index contributed by atoms with van der Waals surface area (Å²) in [6.07, 6.45) is 3.15. The molecule has 0 aromatic heterocycles. The smallest absolute Gasteiger partial charge is 0.227 e. The summed E-state index contributed by atoms with van der Waals surface area (Å²) < 4.78 is 5.66. The molecule has 0 fully saturated rings. The summed E-state index contributed by atoms with van der Waals surface area (Å²) in [5, 5.41) is 0. The molecule has 2 N–H and O–H groups in total. The molecule has 1 unspecified atom stereocenters. The zero-order chi connectivity index (χ0) is 13.7. The predicted molar refractivity (Wildman–Crippen MR) is 76.4 cm³/mol. The Kier molecular flexibility index (Phi) is 4.80. The molecule has 0 saturated carbocycles. The molecule has 1 aliphatic heterocycles. The van der Waals surface area contributed by atoms with Gasteiger partial charge in [0.05, 0.1) is 12.3 Å². The van der Waals surface area contributed by atoms with Crippen LogP contribution < -0.4 is 15.4 Å². The molecule has 1 atom stereocenters. The molecule has 0 saturated heterocycles. The lowest BCUT2D eigenvalue weighted by Gasteiger charge is -2.21. The van der Waals surface area contributed by atoms with Gasteiger partial charge in [0.2, 0.25) is 5.91 Å². The van der Waals surface area contributed by atoms with Gasteiger partial charge in [-0.2, -0.15) is 0 Å². The maximum atomic E-state index is 12.3. The zero-order valence-corrected chi connectivity index (χ0v) is 11.5. The highest BCUT2D eigenvalue weighted by molar-refractivity contribution is 5.94. The molecule has 1 aromatic carbocycles. The van der Waals surface area contributed by atoms with Crippen molar-refractivity contribution in [2.24, 2.45) is 5.73 Å². The molecule has 1 aliphatic rings. The summed E-state index contributed by atoms with van der Waals surface area (Å²) in [5.74, 6) is 0.971. The number of nitrogens with two attached hydrogens (primary N) is 1. The van der Waals surface area contributed by atoms with E-state index < -0.39 is 0 Å². The normalized spacial score (nSPS) is 16.2. The second-order valence-electron chi connectivity index (χ2n) is 5.08. The lowest BCUT2D eigenvalue weighted by atomic mass is 10.1. The molecule has 0 bridgehead atoms. The lowest BCUT2D eigenvalue weighted by molar-refractivity contribution is -0.118. The van der Waals surface area contributed by atoms with Crippen molar-refractivity contribution in [3.8, 4) is 5.75 Å². The first-order valence-corrected chi connectivity index (χ1v) is 6.96. The summed E-state index contributed by atoms with van der Waals surface area (Å²) >= 11 is 0. The van der Waals surface area contributed by atoms with Crippen LogP contribution in [0.25, 0.3) is 0 Å². The van der Waals surface area contributed by atoms with Crippen molar-refractivity contribution in [2.45, 2.75) is 38.6 Å². The summed E-state index contributed by atoms with van der Waals surface area (Å²) in [6.45, 7) is 3.37. The lowest BCUT2D eigenvalue weighted by Crippen LogP contribution is -2.31. The Balaban J connectivity index is 2.04. The summed E-state index contributed by atoms with van der Waals surface area (Å²) in [5.41, 5.74) is 6.61. The molecule has 0 spiro atoms. The van der Waals surface area contributed by atoms with Crippen LogP contribution in [0.3, 0.4) is 0 Å². The number of ether oxygens (including phenoxy) is 1. The number of amides is 1. The topological polar surface area (TPSA) is 55.6 Å². The van der Waals surface area contributed by atoms with Crippen molar-refractivity contribution in [3.63, 3.8) is 0 Å². The number of anilines is 1. The molecule has 1 amide bonds. The summed E-state index contributed by atoms with van der Waals surface area (Å²) in [4.78, 5) is 14.2. The first-order valence-electron chi connectivity index (χ1n) is 6.96. The minimum absolute atomic E-state index is 0.160. The number of benzene rings is 1. The molecular formula is C15H22N2O2. The van der Waals surface area contributed by atoms with E-state index in [-0.39, 0.29) is 11.9 Å². The van der Waals surface area contributed by atoms with Gasteiger partial charge < -0.3 is 15.4 Å². The molecule has 0 aliphatic carbocycles. The van der Waals surface area contributed by atoms with Gasteiger partial charge in [0.15, 0.2) is 0 Å². The van der Waals surface area contributed by atoms with Crippen LogP contribution in [0.15, 0.2) is 24.3 Å². The maximum absolute atomic E-state index is 12.3. The Morgan fingerprint density at radius 1 is 1.47 bits per heavy atom. The second-order valence-corrected chi connectivity index (χ2v) is 5.08. The number of hydrogen-bond acceptors (Lipinski definition) is 3. The van der Waals surface area contributed by atoms with Crippen LogP contribution in [0, 0.1) is 0 Å². The highest BCUT2D eigenvalue weighted by Gasteiger charge is 2.21. The van der Waals surface area contributed by atoms with Crippen molar-refractivity contribution >= 4 is 11.6 Å². The SMILES string of the molecule is CC(N)CCCC(=O)N1CCCOc2ccccc21. The predicted octanol–water partition coefficient (Wildman–Crippen LogP) is 2.32. The van der Waals surface area contributed by atoms with E-state index in [1.54, 1.807) is 0 Å². The minimum atomic E-state index is 0.160. The van der Waals surface area contributed by atoms with Crippen LogP contribution in [-0.2, 0) is 4.79 Å². The fraction of sp³-hybridized carbons (Fsp3) is 0.533. The minimum Gasteiger partial charge on any atom is -0.491 e. The van der Waals surface area contributed by atoms with Gasteiger partial charge in [0, 0.05) is 19.0 Å². The molecular weight excluding hydrogens is 240 g/mol. The molecule has 1 heterocycles. The van der Waals surface area contributed by atoms with E-state index in [0.29, 0.717) is 13.0 Å². The fourth-order valence-electron chi connectivity index (χ4n) is 2.30. The number of para-hydroxylation sites is 2. The van der Waals surface area contributed by atoms with E-state index in [2.05, 4.69) is 0 Å². The van der Waals surface area contributed by atoms with Gasteiger partial charge in [0.25, 0.3) is 0 Å². The van der Waals surface area contributed by atoms with E-state index >= 15 is 0 Å². The number of hydrogen-bond donors (Lipinski definition) is 1. The van der Waals surface area contributed by atoms with Crippen molar-refractivity contribution in [1.82, 2.24) is 0 Å². The highest BCUT2D eigenvalue weighted by atomic mass is 16.5. The van der Waals surface area contributed by atoms with Crippen molar-refractivity contribution in [3.05, 3.63) is 24.3 Å². The third kappa shape index (κ3) is 3.70. The summed E-state index contributed by atoms with van der Waals surface area (Å²) in [7, 11) is 0. The molecule has 4 nitrogen and oxygen atoms in total. The van der Waals surface area contributed by atoms with Crippen molar-refractivity contribution in [1.29, 1.82) is 0 Å².